The van der Waals surface area contributed by atoms with Crippen molar-refractivity contribution in [3.05, 3.63) is 70.0 Å². The van der Waals surface area contributed by atoms with E-state index in [1.165, 1.54) is 27.4 Å². The zero-order valence-corrected chi connectivity index (χ0v) is 16.7. The normalized spacial score (nSPS) is 10.3. The third-order valence-electron chi connectivity index (χ3n) is 4.47. The molecule has 1 amide bonds. The van der Waals surface area contributed by atoms with Crippen LogP contribution >= 0.6 is 0 Å². The van der Waals surface area contributed by atoms with Gasteiger partial charge in [0, 0.05) is 5.69 Å². The lowest BCUT2D eigenvalue weighted by Gasteiger charge is -2.16. The first kappa shape index (κ1) is 20.0. The number of nitrogens with one attached hydrogen (secondary N) is 2. The minimum atomic E-state index is -0.563. The molecule has 0 fully saturated rings. The maximum absolute atomic E-state index is 12.7. The highest BCUT2D eigenvalue weighted by Gasteiger charge is 2.19. The number of ether oxygens (including phenoxy) is 3. The molecule has 0 spiro atoms. The summed E-state index contributed by atoms with van der Waals surface area (Å²) in [6.45, 7) is 1.99. The highest BCUT2D eigenvalue weighted by Crippen LogP contribution is 2.42. The summed E-state index contributed by atoms with van der Waals surface area (Å²) in [7, 11) is 4.43. The van der Waals surface area contributed by atoms with Crippen LogP contribution in [0.5, 0.6) is 17.2 Å². The van der Waals surface area contributed by atoms with Gasteiger partial charge in [0.25, 0.3) is 11.5 Å². The first-order valence-electron chi connectivity index (χ1n) is 8.89. The molecule has 0 aliphatic carbocycles. The Morgan fingerprint density at radius 3 is 2.14 bits per heavy atom. The largest absolute Gasteiger partial charge is 0.493 e. The van der Waals surface area contributed by atoms with Crippen LogP contribution in [-0.2, 0) is 0 Å². The fraction of sp³-hybridized carbons (Fsp3) is 0.182. The van der Waals surface area contributed by atoms with Gasteiger partial charge in [-0.15, -0.1) is 0 Å². The van der Waals surface area contributed by atoms with Gasteiger partial charge in [0.1, 0.15) is 5.56 Å². The van der Waals surface area contributed by atoms with Gasteiger partial charge in [0.05, 0.1) is 27.0 Å². The molecule has 3 rings (SSSR count). The van der Waals surface area contributed by atoms with Crippen LogP contribution in [0, 0.1) is 6.92 Å². The monoisotopic (exact) mass is 394 g/mol. The first-order valence-corrected chi connectivity index (χ1v) is 8.89. The molecule has 0 unspecified atom stereocenters. The molecule has 1 aromatic heterocycles. The average Bonchev–Trinajstić information content (AvgIpc) is 2.73. The van der Waals surface area contributed by atoms with E-state index in [4.69, 9.17) is 14.2 Å². The van der Waals surface area contributed by atoms with Crippen molar-refractivity contribution in [2.75, 3.05) is 26.6 Å². The van der Waals surface area contributed by atoms with E-state index in [2.05, 4.69) is 10.3 Å². The Kier molecular flexibility index (Phi) is 5.87. The molecule has 7 heteroatoms. The number of carbonyl (C=O) groups excluding carboxylic acids is 1. The number of anilines is 1. The zero-order valence-electron chi connectivity index (χ0n) is 16.7. The van der Waals surface area contributed by atoms with Crippen molar-refractivity contribution in [2.24, 2.45) is 0 Å². The summed E-state index contributed by atoms with van der Waals surface area (Å²) in [4.78, 5) is 27.9. The number of amides is 1. The lowest BCUT2D eigenvalue weighted by atomic mass is 10.1. The number of benzene rings is 2. The molecular formula is C22H22N2O5. The number of aromatic amines is 1. The summed E-state index contributed by atoms with van der Waals surface area (Å²) < 4.78 is 15.9. The topological polar surface area (TPSA) is 89.7 Å². The summed E-state index contributed by atoms with van der Waals surface area (Å²) in [6, 6.07) is 14.2. The number of carbonyl (C=O) groups is 1. The smallest absolute Gasteiger partial charge is 0.261 e. The van der Waals surface area contributed by atoms with E-state index >= 15 is 0 Å². The third-order valence-corrected chi connectivity index (χ3v) is 4.47. The molecule has 0 bridgehead atoms. The number of pyridine rings is 1. The number of hydrogen-bond acceptors (Lipinski definition) is 5. The van der Waals surface area contributed by atoms with Gasteiger partial charge < -0.3 is 24.5 Å². The van der Waals surface area contributed by atoms with Gasteiger partial charge >= 0.3 is 0 Å². The van der Waals surface area contributed by atoms with Gasteiger partial charge in [-0.25, -0.2) is 0 Å². The summed E-state index contributed by atoms with van der Waals surface area (Å²) in [5.74, 6) is 0.541. The second kappa shape index (κ2) is 8.52. The first-order chi connectivity index (χ1) is 14.0. The van der Waals surface area contributed by atoms with E-state index in [-0.39, 0.29) is 5.56 Å². The molecule has 0 atom stereocenters. The summed E-state index contributed by atoms with van der Waals surface area (Å²) in [6.07, 6.45) is 0. The third kappa shape index (κ3) is 4.08. The zero-order chi connectivity index (χ0) is 21.0. The van der Waals surface area contributed by atoms with Crippen LogP contribution in [0.15, 0.2) is 53.3 Å². The van der Waals surface area contributed by atoms with E-state index in [0.717, 1.165) is 11.1 Å². The number of aryl methyl sites for hydroxylation is 1. The van der Waals surface area contributed by atoms with Gasteiger partial charge in [0.2, 0.25) is 5.75 Å². The van der Waals surface area contributed by atoms with Crippen LogP contribution in [0.4, 0.5) is 5.69 Å². The Bertz CT molecular complexity index is 1090. The van der Waals surface area contributed by atoms with Crippen molar-refractivity contribution < 1.29 is 19.0 Å². The van der Waals surface area contributed by atoms with Crippen LogP contribution in [0.1, 0.15) is 15.9 Å². The molecule has 29 heavy (non-hydrogen) atoms. The van der Waals surface area contributed by atoms with Crippen LogP contribution in [0.2, 0.25) is 0 Å². The van der Waals surface area contributed by atoms with E-state index in [1.807, 2.05) is 31.2 Å². The van der Waals surface area contributed by atoms with Gasteiger partial charge in [0.15, 0.2) is 11.5 Å². The predicted octanol–water partition coefficient (Wildman–Crippen LogP) is 3.63. The fourth-order valence-electron chi connectivity index (χ4n) is 2.94. The summed E-state index contributed by atoms with van der Waals surface area (Å²) in [5, 5.41) is 2.69. The maximum atomic E-state index is 12.7. The highest BCUT2D eigenvalue weighted by atomic mass is 16.5. The predicted molar refractivity (Wildman–Crippen MR) is 111 cm³/mol. The number of methoxy groups -OCH3 is 3. The second-order valence-corrected chi connectivity index (χ2v) is 6.32. The lowest BCUT2D eigenvalue weighted by Crippen LogP contribution is -2.23. The van der Waals surface area contributed by atoms with Crippen molar-refractivity contribution in [2.45, 2.75) is 6.92 Å². The van der Waals surface area contributed by atoms with Crippen molar-refractivity contribution in [3.63, 3.8) is 0 Å². The van der Waals surface area contributed by atoms with Crippen molar-refractivity contribution in [1.82, 2.24) is 4.98 Å². The van der Waals surface area contributed by atoms with E-state index < -0.39 is 11.5 Å². The molecular weight excluding hydrogens is 372 g/mol. The van der Waals surface area contributed by atoms with Crippen LogP contribution < -0.4 is 25.1 Å². The quantitative estimate of drug-likeness (QED) is 0.666. The van der Waals surface area contributed by atoms with Crippen molar-refractivity contribution in [1.29, 1.82) is 0 Å². The number of aromatic nitrogens is 1. The molecule has 0 aliphatic heterocycles. The molecule has 2 N–H and O–H groups in total. The Hall–Kier alpha value is -3.74. The molecule has 0 saturated carbocycles. The van der Waals surface area contributed by atoms with E-state index in [1.54, 1.807) is 18.2 Å². The molecule has 0 radical (unpaired) electrons. The van der Waals surface area contributed by atoms with Crippen molar-refractivity contribution in [3.8, 4) is 28.5 Å². The number of rotatable bonds is 6. The standard InChI is InChI=1S/C22H22N2O5/c1-13-5-7-14(8-6-13)16-10-9-15(21(25)23-16)22(26)24-17-11-12-18(27-2)20(29-4)19(17)28-3/h5-12H,1-4H3,(H,23,25)(H,24,26). The Balaban J connectivity index is 1.90. The Morgan fingerprint density at radius 2 is 1.55 bits per heavy atom. The molecule has 2 aromatic carbocycles. The molecule has 7 nitrogen and oxygen atoms in total. The highest BCUT2D eigenvalue weighted by molar-refractivity contribution is 6.05. The van der Waals surface area contributed by atoms with Gasteiger partial charge in [-0.05, 0) is 36.8 Å². The molecule has 0 saturated heterocycles. The molecule has 3 aromatic rings. The van der Waals surface area contributed by atoms with E-state index in [0.29, 0.717) is 28.6 Å². The van der Waals surface area contributed by atoms with Gasteiger partial charge in [-0.3, -0.25) is 9.59 Å². The summed E-state index contributed by atoms with van der Waals surface area (Å²) >= 11 is 0. The van der Waals surface area contributed by atoms with Gasteiger partial charge in [-0.1, -0.05) is 29.8 Å². The number of hydrogen-bond donors (Lipinski definition) is 2. The van der Waals surface area contributed by atoms with E-state index in [9.17, 15) is 9.59 Å². The SMILES string of the molecule is COc1ccc(NC(=O)c2ccc(-c3ccc(C)cc3)[nH]c2=O)c(OC)c1OC. The lowest BCUT2D eigenvalue weighted by molar-refractivity contribution is 0.102. The second-order valence-electron chi connectivity index (χ2n) is 6.32. The molecule has 150 valence electrons. The molecule has 0 aliphatic rings. The van der Waals surface area contributed by atoms with Crippen LogP contribution in [0.25, 0.3) is 11.3 Å². The minimum absolute atomic E-state index is 0.0160. The molecule has 1 heterocycles. The average molecular weight is 394 g/mol. The number of H-pyrrole nitrogens is 1. The van der Waals surface area contributed by atoms with Gasteiger partial charge in [-0.2, -0.15) is 0 Å². The summed E-state index contributed by atoms with van der Waals surface area (Å²) in [5.41, 5.74) is 2.47. The Labute approximate surface area is 168 Å². The van der Waals surface area contributed by atoms with Crippen LogP contribution in [0.3, 0.4) is 0 Å². The minimum Gasteiger partial charge on any atom is -0.493 e. The fourth-order valence-corrected chi connectivity index (χ4v) is 2.94. The van der Waals surface area contributed by atoms with Crippen LogP contribution in [-0.4, -0.2) is 32.2 Å². The van der Waals surface area contributed by atoms with Crippen molar-refractivity contribution >= 4 is 11.6 Å². The maximum Gasteiger partial charge on any atom is 0.261 e. The Morgan fingerprint density at radius 1 is 0.862 bits per heavy atom.